The first kappa shape index (κ1) is 33.8. The van der Waals surface area contributed by atoms with E-state index in [9.17, 15) is 25.5 Å². The highest BCUT2D eigenvalue weighted by atomic mass is 16.7. The van der Waals surface area contributed by atoms with Crippen molar-refractivity contribution in [3.8, 4) is 0 Å². The second-order valence-corrected chi connectivity index (χ2v) is 12.0. The van der Waals surface area contributed by atoms with Gasteiger partial charge >= 0.3 is 0 Å². The monoisotopic (exact) mass is 607 g/mol. The number of hydrogen-bond acceptors (Lipinski definition) is 16. The summed E-state index contributed by atoms with van der Waals surface area (Å²) in [5, 5.41) is 65.1. The molecule has 4 rings (SSSR count). The van der Waals surface area contributed by atoms with Gasteiger partial charge in [0.25, 0.3) is 0 Å². The van der Waals surface area contributed by atoms with E-state index in [1.807, 2.05) is 0 Å². The molecule has 244 valence electrons. The molecule has 17 heteroatoms. The van der Waals surface area contributed by atoms with Crippen LogP contribution in [-0.2, 0) is 18.9 Å². The average molecular weight is 608 g/mol. The lowest BCUT2D eigenvalue weighted by molar-refractivity contribution is -0.312. The van der Waals surface area contributed by atoms with Crippen molar-refractivity contribution in [1.82, 2.24) is 5.32 Å². The number of nitrogens with zero attached hydrogens (tertiary/aromatic N) is 1. The van der Waals surface area contributed by atoms with Crippen LogP contribution in [0.4, 0.5) is 0 Å². The molecule has 17 N–H and O–H groups in total. The number of aliphatic imine (C=N–C) groups is 1. The Morgan fingerprint density at radius 2 is 1.60 bits per heavy atom. The number of rotatable bonds is 11. The Morgan fingerprint density at radius 3 is 2.24 bits per heavy atom. The topological polar surface area (TPSA) is 313 Å². The van der Waals surface area contributed by atoms with E-state index in [1.54, 1.807) is 0 Å². The maximum absolute atomic E-state index is 11.6. The maximum atomic E-state index is 11.6. The molecule has 2 aliphatic carbocycles. The first-order chi connectivity index (χ1) is 19.9. The normalized spacial score (nSPS) is 48.6. The van der Waals surface area contributed by atoms with Crippen LogP contribution in [0.2, 0.25) is 0 Å². The molecule has 4 aliphatic rings. The molecular formula is C25H49N7O10. The number of aliphatic hydroxyl groups excluding tert-OH is 5. The summed E-state index contributed by atoms with van der Waals surface area (Å²) in [6.07, 6.45) is -8.68. The number of nitrogens with two attached hydrogens (primary N) is 5. The van der Waals surface area contributed by atoms with Crippen LogP contribution >= 0.6 is 0 Å². The van der Waals surface area contributed by atoms with Gasteiger partial charge in [-0.15, -0.1) is 0 Å². The summed E-state index contributed by atoms with van der Waals surface area (Å²) in [4.78, 5) is 4.48. The average Bonchev–Trinajstić information content (AvgIpc) is 2.93. The predicted octanol–water partition coefficient (Wildman–Crippen LogP) is -6.39. The third kappa shape index (κ3) is 7.39. The van der Waals surface area contributed by atoms with Crippen molar-refractivity contribution in [2.45, 2.75) is 123 Å². The molecule has 13 atom stereocenters. The number of aliphatic hydroxyl groups is 6. The molecule has 4 fully saturated rings. The first-order valence-electron chi connectivity index (χ1n) is 14.6. The Kier molecular flexibility index (Phi) is 11.5. The van der Waals surface area contributed by atoms with Crippen molar-refractivity contribution < 1.29 is 49.6 Å². The van der Waals surface area contributed by atoms with E-state index in [1.165, 1.54) is 0 Å². The van der Waals surface area contributed by atoms with Gasteiger partial charge in [0.05, 0.1) is 37.4 Å². The second kappa shape index (κ2) is 14.3. The highest BCUT2D eigenvalue weighted by Gasteiger charge is 2.52. The minimum Gasteiger partial charge on any atom is -0.395 e. The fourth-order valence-corrected chi connectivity index (χ4v) is 6.05. The van der Waals surface area contributed by atoms with Crippen molar-refractivity contribution in [2.75, 3.05) is 26.3 Å². The van der Waals surface area contributed by atoms with Gasteiger partial charge in [-0.2, -0.15) is 0 Å². The number of nitrogens with one attached hydrogen (secondary N) is 1. The van der Waals surface area contributed by atoms with E-state index in [0.29, 0.717) is 25.9 Å². The molecule has 0 aromatic rings. The summed E-state index contributed by atoms with van der Waals surface area (Å²) in [5.74, 6) is -0.0945. The number of ether oxygens (including phenoxy) is 4. The van der Waals surface area contributed by atoms with E-state index >= 15 is 0 Å². The van der Waals surface area contributed by atoms with Gasteiger partial charge < -0.3 is 83.6 Å². The molecule has 2 saturated carbocycles. The SMILES string of the molecule is NC(=N[C@@H]1C[C@H](N)C(O[C@H]2O[C@H](CNCCO)CCC2N)C(O)C1O[C@H]1OC(CO)C(O)[C@H](N)C1O)C1(O)CC(N)C1. The molecule has 0 aromatic carbocycles. The lowest BCUT2D eigenvalue weighted by Crippen LogP contribution is -2.67. The zero-order valence-corrected chi connectivity index (χ0v) is 23.6. The number of amidine groups is 1. The standard InChI is InChI=1S/C25H49N7O10/c26-10-6-25(38,7-10)24(30)32-14-5-13(28)20(41-22-12(27)2-1-11(39-22)8-31-3-4-33)19(37)21(14)42-23-18(36)16(29)17(35)15(9-34)40-23/h10-23,31,33-38H,1-9,26-29H2,(H2,30,32)/t10?,11-,12?,13-,14+,15?,16-,17?,18?,19?,20?,21?,22+,23+,25?/m0/s1. The molecule has 42 heavy (non-hydrogen) atoms. The molecule has 17 nitrogen and oxygen atoms in total. The van der Waals surface area contributed by atoms with E-state index in [-0.39, 0.29) is 43.9 Å². The highest BCUT2D eigenvalue weighted by molar-refractivity contribution is 5.90. The smallest absolute Gasteiger partial charge is 0.186 e. The van der Waals surface area contributed by atoms with Crippen LogP contribution in [-0.4, -0.2) is 154 Å². The maximum Gasteiger partial charge on any atom is 0.186 e. The Balaban J connectivity index is 1.54. The summed E-state index contributed by atoms with van der Waals surface area (Å²) >= 11 is 0. The molecule has 2 heterocycles. The first-order valence-corrected chi connectivity index (χ1v) is 14.6. The van der Waals surface area contributed by atoms with Crippen LogP contribution in [0.25, 0.3) is 0 Å². The van der Waals surface area contributed by atoms with Crippen LogP contribution in [0.5, 0.6) is 0 Å². The molecular weight excluding hydrogens is 558 g/mol. The van der Waals surface area contributed by atoms with Crippen LogP contribution in [0, 0.1) is 0 Å². The predicted molar refractivity (Wildman–Crippen MR) is 147 cm³/mol. The zero-order chi connectivity index (χ0) is 30.8. The third-order valence-corrected chi connectivity index (χ3v) is 8.65. The summed E-state index contributed by atoms with van der Waals surface area (Å²) in [6.45, 7) is 0.257. The van der Waals surface area contributed by atoms with Crippen molar-refractivity contribution in [3.63, 3.8) is 0 Å². The van der Waals surface area contributed by atoms with Crippen LogP contribution in [0.1, 0.15) is 32.1 Å². The van der Waals surface area contributed by atoms with Gasteiger partial charge in [0.15, 0.2) is 12.6 Å². The molecule has 2 aliphatic heterocycles. The minimum absolute atomic E-state index is 0.0165. The minimum atomic E-state index is -1.52. The summed E-state index contributed by atoms with van der Waals surface area (Å²) < 4.78 is 23.8. The molecule has 0 radical (unpaired) electrons. The van der Waals surface area contributed by atoms with E-state index in [2.05, 4.69) is 10.3 Å². The van der Waals surface area contributed by atoms with Gasteiger partial charge in [0.2, 0.25) is 0 Å². The van der Waals surface area contributed by atoms with Gasteiger partial charge in [0, 0.05) is 25.2 Å². The Hall–Kier alpha value is -1.13. The second-order valence-electron chi connectivity index (χ2n) is 12.0. The van der Waals surface area contributed by atoms with E-state index < -0.39 is 85.6 Å². The number of hydrogen-bond donors (Lipinski definition) is 12. The molecule has 0 spiro atoms. The summed E-state index contributed by atoms with van der Waals surface area (Å²) in [6, 6.07) is -3.67. The van der Waals surface area contributed by atoms with Crippen LogP contribution in [0.3, 0.4) is 0 Å². The van der Waals surface area contributed by atoms with Crippen molar-refractivity contribution >= 4 is 5.84 Å². The van der Waals surface area contributed by atoms with Crippen LogP contribution < -0.4 is 34.0 Å². The van der Waals surface area contributed by atoms with Gasteiger partial charge in [0.1, 0.15) is 48.1 Å². The lowest BCUT2D eigenvalue weighted by Gasteiger charge is -2.48. The quantitative estimate of drug-likeness (QED) is 0.0590. The fraction of sp³-hybridized carbons (Fsp3) is 0.960. The van der Waals surface area contributed by atoms with Crippen molar-refractivity contribution in [2.24, 2.45) is 33.7 Å². The van der Waals surface area contributed by atoms with Gasteiger partial charge in [-0.3, -0.25) is 4.99 Å². The van der Waals surface area contributed by atoms with Crippen LogP contribution in [0.15, 0.2) is 4.99 Å². The van der Waals surface area contributed by atoms with Crippen molar-refractivity contribution in [3.05, 3.63) is 0 Å². The molecule has 0 amide bonds. The summed E-state index contributed by atoms with van der Waals surface area (Å²) in [7, 11) is 0. The summed E-state index contributed by atoms with van der Waals surface area (Å²) in [5.41, 5.74) is 29.3. The fourth-order valence-electron chi connectivity index (χ4n) is 6.05. The van der Waals surface area contributed by atoms with Gasteiger partial charge in [-0.1, -0.05) is 0 Å². The largest absolute Gasteiger partial charge is 0.395 e. The Bertz CT molecular complexity index is 900. The molecule has 0 aromatic heterocycles. The lowest BCUT2D eigenvalue weighted by atomic mass is 9.75. The van der Waals surface area contributed by atoms with E-state index in [4.69, 9.17) is 52.7 Å². The highest BCUT2D eigenvalue weighted by Crippen LogP contribution is 2.35. The Labute approximate surface area is 244 Å². The van der Waals surface area contributed by atoms with Gasteiger partial charge in [-0.25, -0.2) is 0 Å². The third-order valence-electron chi connectivity index (χ3n) is 8.65. The Morgan fingerprint density at radius 1 is 0.905 bits per heavy atom. The molecule has 2 saturated heterocycles. The molecule has 7 unspecified atom stereocenters. The van der Waals surface area contributed by atoms with Gasteiger partial charge in [-0.05, 0) is 32.1 Å². The van der Waals surface area contributed by atoms with E-state index in [0.717, 1.165) is 0 Å². The molecule has 0 bridgehead atoms. The van der Waals surface area contributed by atoms with Crippen molar-refractivity contribution in [1.29, 1.82) is 0 Å². The zero-order valence-electron chi connectivity index (χ0n) is 23.6.